The van der Waals surface area contributed by atoms with Crippen LogP contribution in [0, 0.1) is 6.92 Å². The Morgan fingerprint density at radius 2 is 2.00 bits per heavy atom. The molecule has 0 aromatic heterocycles. The van der Waals surface area contributed by atoms with E-state index in [2.05, 4.69) is 29.1 Å². The van der Waals surface area contributed by atoms with Gasteiger partial charge in [-0.15, -0.1) is 30.6 Å². The average Bonchev–Trinajstić information content (AvgIpc) is 2.40. The van der Waals surface area contributed by atoms with Gasteiger partial charge < -0.3 is 15.4 Å². The number of rotatable bonds is 6. The van der Waals surface area contributed by atoms with Gasteiger partial charge in [-0.2, -0.15) is 0 Å². The lowest BCUT2D eigenvalue weighted by molar-refractivity contribution is 0.322. The van der Waals surface area contributed by atoms with Crippen LogP contribution in [0.2, 0.25) is 0 Å². The molecule has 0 unspecified atom stereocenters. The topological polar surface area (TPSA) is 45.7 Å². The van der Waals surface area contributed by atoms with Crippen LogP contribution in [0.5, 0.6) is 5.75 Å². The summed E-state index contributed by atoms with van der Waals surface area (Å²) in [5, 5.41) is 6.24. The summed E-state index contributed by atoms with van der Waals surface area (Å²) in [6, 6.07) is 8.01. The number of hydrogen-bond acceptors (Lipinski definition) is 2. The minimum absolute atomic E-state index is 0. The summed E-state index contributed by atoms with van der Waals surface area (Å²) in [6.45, 7) is 7.68. The Kier molecular flexibility index (Phi) is 9.97. The number of guanidine groups is 1. The van der Waals surface area contributed by atoms with Gasteiger partial charge in [-0.25, -0.2) is 0 Å². The van der Waals surface area contributed by atoms with Crippen molar-refractivity contribution in [2.45, 2.75) is 6.92 Å². The first-order valence-corrected chi connectivity index (χ1v) is 6.01. The fraction of sp³-hybridized carbons (Fsp3) is 0.357. The maximum absolute atomic E-state index is 5.59. The average molecular weight is 375 g/mol. The summed E-state index contributed by atoms with van der Waals surface area (Å²) in [6.07, 6.45) is 1.79. The van der Waals surface area contributed by atoms with Crippen molar-refractivity contribution in [3.8, 4) is 5.75 Å². The van der Waals surface area contributed by atoms with E-state index in [-0.39, 0.29) is 24.0 Å². The Bertz CT molecular complexity index is 390. The summed E-state index contributed by atoms with van der Waals surface area (Å²) in [5.74, 6) is 1.64. The first-order valence-electron chi connectivity index (χ1n) is 6.01. The molecule has 0 amide bonds. The van der Waals surface area contributed by atoms with E-state index in [1.165, 1.54) is 5.56 Å². The van der Waals surface area contributed by atoms with Crippen LogP contribution in [-0.4, -0.2) is 32.7 Å². The van der Waals surface area contributed by atoms with Gasteiger partial charge in [0.1, 0.15) is 12.4 Å². The largest absolute Gasteiger partial charge is 0.492 e. The predicted molar refractivity (Wildman–Crippen MR) is 91.7 cm³/mol. The summed E-state index contributed by atoms with van der Waals surface area (Å²) >= 11 is 0. The van der Waals surface area contributed by atoms with Crippen LogP contribution >= 0.6 is 24.0 Å². The van der Waals surface area contributed by atoms with Gasteiger partial charge in [-0.1, -0.05) is 23.8 Å². The van der Waals surface area contributed by atoms with Crippen molar-refractivity contribution in [3.63, 3.8) is 0 Å². The van der Waals surface area contributed by atoms with Crippen LogP contribution in [0.1, 0.15) is 5.56 Å². The first kappa shape index (κ1) is 17.8. The maximum atomic E-state index is 5.59. The van der Waals surface area contributed by atoms with Gasteiger partial charge in [0, 0.05) is 13.6 Å². The van der Waals surface area contributed by atoms with E-state index < -0.39 is 0 Å². The standard InChI is InChI=1S/C14H21N3O.HI/c1-4-9-16-14(15-3)17-10-11-18-13-7-5-12(2)6-8-13;/h4-8H,1,9-11H2,2-3H3,(H2,15,16,17);1H. The Balaban J connectivity index is 0.00000324. The second-order valence-electron chi connectivity index (χ2n) is 3.83. The number of ether oxygens (including phenoxy) is 1. The van der Waals surface area contributed by atoms with Crippen LogP contribution in [0.4, 0.5) is 0 Å². The third-order valence-electron chi connectivity index (χ3n) is 2.32. The normalized spacial score (nSPS) is 10.3. The second-order valence-corrected chi connectivity index (χ2v) is 3.83. The van der Waals surface area contributed by atoms with E-state index in [0.29, 0.717) is 19.7 Å². The molecule has 0 bridgehead atoms. The zero-order valence-corrected chi connectivity index (χ0v) is 13.8. The third kappa shape index (κ3) is 7.71. The van der Waals surface area contributed by atoms with Gasteiger partial charge in [-0.3, -0.25) is 4.99 Å². The van der Waals surface area contributed by atoms with Gasteiger partial charge in [-0.05, 0) is 19.1 Å². The molecule has 1 aromatic rings. The molecule has 0 aliphatic rings. The molecular formula is C14H22IN3O. The molecule has 0 aliphatic carbocycles. The SMILES string of the molecule is C=CCNC(=NC)NCCOc1ccc(C)cc1.I. The maximum Gasteiger partial charge on any atom is 0.191 e. The molecule has 106 valence electrons. The Hall–Kier alpha value is -1.24. The number of aliphatic imine (C=N–C) groups is 1. The number of nitrogens with zero attached hydrogens (tertiary/aromatic N) is 1. The van der Waals surface area contributed by atoms with Gasteiger partial charge in [0.25, 0.3) is 0 Å². The molecule has 0 heterocycles. The highest BCUT2D eigenvalue weighted by molar-refractivity contribution is 14.0. The lowest BCUT2D eigenvalue weighted by Gasteiger charge is -2.11. The van der Waals surface area contributed by atoms with Crippen molar-refractivity contribution >= 4 is 29.9 Å². The van der Waals surface area contributed by atoms with E-state index >= 15 is 0 Å². The van der Waals surface area contributed by atoms with Crippen molar-refractivity contribution in [3.05, 3.63) is 42.5 Å². The van der Waals surface area contributed by atoms with Crippen LogP contribution in [0.25, 0.3) is 0 Å². The Morgan fingerprint density at radius 1 is 1.32 bits per heavy atom. The summed E-state index contributed by atoms with van der Waals surface area (Å²) < 4.78 is 5.59. The Labute approximate surface area is 132 Å². The summed E-state index contributed by atoms with van der Waals surface area (Å²) in [5.41, 5.74) is 1.23. The quantitative estimate of drug-likeness (QED) is 0.264. The molecule has 0 aliphatic heterocycles. The highest BCUT2D eigenvalue weighted by atomic mass is 127. The van der Waals surface area contributed by atoms with E-state index in [4.69, 9.17) is 4.74 Å². The second kappa shape index (κ2) is 10.7. The van der Waals surface area contributed by atoms with Crippen LogP contribution < -0.4 is 15.4 Å². The first-order chi connectivity index (χ1) is 8.76. The summed E-state index contributed by atoms with van der Waals surface area (Å²) in [4.78, 5) is 4.07. The van der Waals surface area contributed by atoms with Gasteiger partial charge >= 0.3 is 0 Å². The lowest BCUT2D eigenvalue weighted by Crippen LogP contribution is -2.39. The fourth-order valence-electron chi connectivity index (χ4n) is 1.36. The van der Waals surface area contributed by atoms with Crippen molar-refractivity contribution < 1.29 is 4.74 Å². The lowest BCUT2D eigenvalue weighted by atomic mass is 10.2. The van der Waals surface area contributed by atoms with Crippen LogP contribution in [-0.2, 0) is 0 Å². The smallest absolute Gasteiger partial charge is 0.191 e. The molecule has 0 radical (unpaired) electrons. The van der Waals surface area contributed by atoms with Gasteiger partial charge in [0.05, 0.1) is 6.54 Å². The van der Waals surface area contributed by atoms with Crippen molar-refractivity contribution in [1.29, 1.82) is 0 Å². The van der Waals surface area contributed by atoms with Crippen LogP contribution in [0.3, 0.4) is 0 Å². The molecule has 5 heteroatoms. The number of aryl methyl sites for hydroxylation is 1. The molecule has 0 saturated heterocycles. The van der Waals surface area contributed by atoms with E-state index in [1.54, 1.807) is 13.1 Å². The van der Waals surface area contributed by atoms with E-state index in [1.807, 2.05) is 24.3 Å². The molecule has 0 saturated carbocycles. The molecular weight excluding hydrogens is 353 g/mol. The zero-order chi connectivity index (χ0) is 13.2. The van der Waals surface area contributed by atoms with Crippen LogP contribution in [0.15, 0.2) is 41.9 Å². The number of benzene rings is 1. The molecule has 0 atom stereocenters. The zero-order valence-electron chi connectivity index (χ0n) is 11.5. The van der Waals surface area contributed by atoms with Gasteiger partial charge in [0.2, 0.25) is 0 Å². The molecule has 2 N–H and O–H groups in total. The van der Waals surface area contributed by atoms with Crippen molar-refractivity contribution in [2.24, 2.45) is 4.99 Å². The number of nitrogens with one attached hydrogen (secondary N) is 2. The number of hydrogen-bond donors (Lipinski definition) is 2. The molecule has 1 rings (SSSR count). The number of halogens is 1. The molecule has 1 aromatic carbocycles. The summed E-state index contributed by atoms with van der Waals surface area (Å²) in [7, 11) is 1.74. The predicted octanol–water partition coefficient (Wildman–Crippen LogP) is 2.34. The molecule has 0 fully saturated rings. The highest BCUT2D eigenvalue weighted by Gasteiger charge is 1.96. The third-order valence-corrected chi connectivity index (χ3v) is 2.32. The monoisotopic (exact) mass is 375 g/mol. The fourth-order valence-corrected chi connectivity index (χ4v) is 1.36. The minimum Gasteiger partial charge on any atom is -0.492 e. The Morgan fingerprint density at radius 3 is 2.58 bits per heavy atom. The van der Waals surface area contributed by atoms with Crippen molar-refractivity contribution in [2.75, 3.05) is 26.7 Å². The van der Waals surface area contributed by atoms with Gasteiger partial charge in [0.15, 0.2) is 5.96 Å². The molecule has 0 spiro atoms. The minimum atomic E-state index is 0. The van der Waals surface area contributed by atoms with E-state index in [0.717, 1.165) is 11.7 Å². The molecule has 19 heavy (non-hydrogen) atoms. The van der Waals surface area contributed by atoms with Crippen molar-refractivity contribution in [1.82, 2.24) is 10.6 Å². The van der Waals surface area contributed by atoms with E-state index in [9.17, 15) is 0 Å². The highest BCUT2D eigenvalue weighted by Crippen LogP contribution is 2.10. The molecule has 4 nitrogen and oxygen atoms in total.